The fourth-order valence-corrected chi connectivity index (χ4v) is 1.80. The summed E-state index contributed by atoms with van der Waals surface area (Å²) < 4.78 is 5.65. The van der Waals surface area contributed by atoms with Gasteiger partial charge in [0.1, 0.15) is 12.4 Å². The van der Waals surface area contributed by atoms with Crippen molar-refractivity contribution < 1.29 is 4.74 Å². The fourth-order valence-electron chi connectivity index (χ4n) is 1.80. The van der Waals surface area contributed by atoms with Gasteiger partial charge in [-0.15, -0.1) is 0 Å². The number of ether oxygens (including phenoxy) is 1. The molecule has 0 aliphatic rings. The van der Waals surface area contributed by atoms with Crippen LogP contribution >= 0.6 is 0 Å². The summed E-state index contributed by atoms with van der Waals surface area (Å²) in [6.45, 7) is 2.64. The minimum atomic E-state index is -0.0869. The monoisotopic (exact) mass is 241 g/mol. The molecule has 0 fully saturated rings. The summed E-state index contributed by atoms with van der Waals surface area (Å²) in [4.78, 5) is 0. The molecule has 2 N–H and O–H groups in total. The van der Waals surface area contributed by atoms with Gasteiger partial charge >= 0.3 is 0 Å². The number of rotatable bonds is 5. The van der Waals surface area contributed by atoms with Gasteiger partial charge in [0.05, 0.1) is 6.04 Å². The van der Waals surface area contributed by atoms with Crippen LogP contribution in [0.5, 0.6) is 5.75 Å². The van der Waals surface area contributed by atoms with E-state index < -0.39 is 0 Å². The Morgan fingerprint density at radius 2 is 1.67 bits per heavy atom. The van der Waals surface area contributed by atoms with Crippen LogP contribution in [0.4, 0.5) is 0 Å². The van der Waals surface area contributed by atoms with E-state index in [0.717, 1.165) is 17.7 Å². The Kier molecular flexibility index (Phi) is 4.37. The van der Waals surface area contributed by atoms with Crippen molar-refractivity contribution in [1.29, 1.82) is 0 Å². The molecule has 0 saturated heterocycles. The van der Waals surface area contributed by atoms with Crippen molar-refractivity contribution in [2.75, 3.05) is 6.61 Å². The number of nitrogens with two attached hydrogens (primary N) is 1. The first kappa shape index (κ1) is 12.7. The first-order valence-electron chi connectivity index (χ1n) is 6.32. The molecule has 0 heterocycles. The topological polar surface area (TPSA) is 35.2 Å². The second-order valence-corrected chi connectivity index (χ2v) is 4.33. The molecule has 1 atom stereocenters. The van der Waals surface area contributed by atoms with Crippen LogP contribution < -0.4 is 10.5 Å². The van der Waals surface area contributed by atoms with Gasteiger partial charge in [-0.1, -0.05) is 49.4 Å². The first-order valence-corrected chi connectivity index (χ1v) is 6.32. The van der Waals surface area contributed by atoms with Crippen molar-refractivity contribution in [2.45, 2.75) is 19.4 Å². The van der Waals surface area contributed by atoms with E-state index in [2.05, 4.69) is 31.2 Å². The predicted molar refractivity (Wildman–Crippen MR) is 74.7 cm³/mol. The highest BCUT2D eigenvalue weighted by Crippen LogP contribution is 2.15. The van der Waals surface area contributed by atoms with Crippen molar-refractivity contribution in [3.8, 4) is 5.75 Å². The molecule has 2 aromatic carbocycles. The first-order chi connectivity index (χ1) is 8.79. The van der Waals surface area contributed by atoms with Gasteiger partial charge < -0.3 is 10.5 Å². The van der Waals surface area contributed by atoms with Crippen LogP contribution in [-0.2, 0) is 6.42 Å². The van der Waals surface area contributed by atoms with Crippen molar-refractivity contribution in [3.63, 3.8) is 0 Å². The third kappa shape index (κ3) is 3.34. The molecule has 0 bridgehead atoms. The molecular weight excluding hydrogens is 222 g/mol. The molecule has 0 amide bonds. The van der Waals surface area contributed by atoms with Crippen molar-refractivity contribution in [3.05, 3.63) is 65.7 Å². The van der Waals surface area contributed by atoms with E-state index in [9.17, 15) is 0 Å². The van der Waals surface area contributed by atoms with Crippen LogP contribution in [0.25, 0.3) is 0 Å². The smallest absolute Gasteiger partial charge is 0.119 e. The molecule has 0 saturated carbocycles. The third-order valence-corrected chi connectivity index (χ3v) is 2.99. The lowest BCUT2D eigenvalue weighted by atomic mass is 10.1. The van der Waals surface area contributed by atoms with E-state index in [1.54, 1.807) is 0 Å². The molecule has 0 aliphatic heterocycles. The molecule has 0 aliphatic carbocycles. The van der Waals surface area contributed by atoms with Crippen LogP contribution in [-0.4, -0.2) is 6.61 Å². The molecule has 0 radical (unpaired) electrons. The number of benzene rings is 2. The zero-order valence-corrected chi connectivity index (χ0v) is 10.7. The van der Waals surface area contributed by atoms with Gasteiger partial charge in [-0.2, -0.15) is 0 Å². The van der Waals surface area contributed by atoms with E-state index in [4.69, 9.17) is 10.5 Å². The maximum absolute atomic E-state index is 6.11. The van der Waals surface area contributed by atoms with Crippen molar-refractivity contribution >= 4 is 0 Å². The fraction of sp³-hybridized carbons (Fsp3) is 0.250. The summed E-state index contributed by atoms with van der Waals surface area (Å²) in [5, 5.41) is 0. The minimum absolute atomic E-state index is 0.0869. The Bertz CT molecular complexity index is 464. The van der Waals surface area contributed by atoms with Gasteiger partial charge in [0.15, 0.2) is 0 Å². The summed E-state index contributed by atoms with van der Waals surface area (Å²) in [5.74, 6) is 0.859. The van der Waals surface area contributed by atoms with Crippen LogP contribution in [0.2, 0.25) is 0 Å². The minimum Gasteiger partial charge on any atom is -0.492 e. The van der Waals surface area contributed by atoms with Gasteiger partial charge in [0.25, 0.3) is 0 Å². The average Bonchev–Trinajstić information content (AvgIpc) is 2.46. The average molecular weight is 241 g/mol. The largest absolute Gasteiger partial charge is 0.492 e. The van der Waals surface area contributed by atoms with Crippen LogP contribution in [0.1, 0.15) is 24.1 Å². The number of aryl methyl sites for hydroxylation is 1. The lowest BCUT2D eigenvalue weighted by Gasteiger charge is -2.14. The zero-order valence-electron chi connectivity index (χ0n) is 10.7. The molecular formula is C16H19NO. The number of para-hydroxylation sites is 1. The Balaban J connectivity index is 1.93. The van der Waals surface area contributed by atoms with E-state index in [0.29, 0.717) is 6.61 Å². The highest BCUT2D eigenvalue weighted by Gasteiger charge is 2.06. The second kappa shape index (κ2) is 6.22. The summed E-state index contributed by atoms with van der Waals surface area (Å²) in [5.41, 5.74) is 8.55. The summed E-state index contributed by atoms with van der Waals surface area (Å²) in [6, 6.07) is 18.1. The SMILES string of the molecule is CCc1ccc(C(N)COc2ccccc2)cc1. The molecule has 2 rings (SSSR count). The van der Waals surface area contributed by atoms with Crippen LogP contribution in [0, 0.1) is 0 Å². The van der Waals surface area contributed by atoms with Gasteiger partial charge in [-0.3, -0.25) is 0 Å². The van der Waals surface area contributed by atoms with Crippen LogP contribution in [0.3, 0.4) is 0 Å². The molecule has 2 heteroatoms. The maximum atomic E-state index is 6.11. The lowest BCUT2D eigenvalue weighted by Crippen LogP contribution is -2.18. The highest BCUT2D eigenvalue weighted by molar-refractivity contribution is 5.25. The van der Waals surface area contributed by atoms with Crippen molar-refractivity contribution in [1.82, 2.24) is 0 Å². The Morgan fingerprint density at radius 1 is 1.00 bits per heavy atom. The number of hydrogen-bond acceptors (Lipinski definition) is 2. The third-order valence-electron chi connectivity index (χ3n) is 2.99. The lowest BCUT2D eigenvalue weighted by molar-refractivity contribution is 0.290. The molecule has 94 valence electrons. The van der Waals surface area contributed by atoms with E-state index >= 15 is 0 Å². The molecule has 0 spiro atoms. The Labute approximate surface area is 108 Å². The molecule has 18 heavy (non-hydrogen) atoms. The molecule has 0 aromatic heterocycles. The van der Waals surface area contributed by atoms with Gasteiger partial charge in [-0.25, -0.2) is 0 Å². The molecule has 2 nitrogen and oxygen atoms in total. The quantitative estimate of drug-likeness (QED) is 0.871. The van der Waals surface area contributed by atoms with E-state index in [-0.39, 0.29) is 6.04 Å². The number of hydrogen-bond donors (Lipinski definition) is 1. The summed E-state index contributed by atoms with van der Waals surface area (Å²) in [6.07, 6.45) is 1.05. The van der Waals surface area contributed by atoms with E-state index in [1.165, 1.54) is 5.56 Å². The molecule has 1 unspecified atom stereocenters. The second-order valence-electron chi connectivity index (χ2n) is 4.33. The Morgan fingerprint density at radius 3 is 2.28 bits per heavy atom. The van der Waals surface area contributed by atoms with Crippen LogP contribution in [0.15, 0.2) is 54.6 Å². The standard InChI is InChI=1S/C16H19NO/c1-2-13-8-10-14(11-9-13)16(17)12-18-15-6-4-3-5-7-15/h3-11,16H,2,12,17H2,1H3. The predicted octanol–water partition coefficient (Wildman–Crippen LogP) is 3.33. The zero-order chi connectivity index (χ0) is 12.8. The normalized spacial score (nSPS) is 12.1. The highest BCUT2D eigenvalue weighted by atomic mass is 16.5. The molecule has 2 aromatic rings. The summed E-state index contributed by atoms with van der Waals surface area (Å²) in [7, 11) is 0. The van der Waals surface area contributed by atoms with E-state index in [1.807, 2.05) is 30.3 Å². The Hall–Kier alpha value is -1.80. The summed E-state index contributed by atoms with van der Waals surface area (Å²) >= 11 is 0. The van der Waals surface area contributed by atoms with Gasteiger partial charge in [0.2, 0.25) is 0 Å². The van der Waals surface area contributed by atoms with Gasteiger partial charge in [-0.05, 0) is 29.7 Å². The maximum Gasteiger partial charge on any atom is 0.119 e. The van der Waals surface area contributed by atoms with Crippen molar-refractivity contribution in [2.24, 2.45) is 5.73 Å². The van der Waals surface area contributed by atoms with Gasteiger partial charge in [0, 0.05) is 0 Å².